The zero-order chi connectivity index (χ0) is 13.9. The van der Waals surface area contributed by atoms with E-state index in [4.69, 9.17) is 0 Å². The summed E-state index contributed by atoms with van der Waals surface area (Å²) in [5.41, 5.74) is 2.44. The number of para-hydroxylation sites is 1. The van der Waals surface area contributed by atoms with Crippen molar-refractivity contribution < 1.29 is 4.79 Å². The van der Waals surface area contributed by atoms with Crippen molar-refractivity contribution in [3.8, 4) is 0 Å². The number of hydrogen-bond donors (Lipinski definition) is 2. The molecule has 2 aliphatic rings. The number of rotatable bonds is 3. The summed E-state index contributed by atoms with van der Waals surface area (Å²) in [6.07, 6.45) is 6.04. The maximum absolute atomic E-state index is 12.4. The lowest BCUT2D eigenvalue weighted by Gasteiger charge is -2.28. The number of hydrogen-bond acceptors (Lipinski definition) is 2. The SMILES string of the molecule is CC(NC(=O)C1CNc2ccccc2C1)C1CCCC1. The average Bonchev–Trinajstić information content (AvgIpc) is 3.01. The van der Waals surface area contributed by atoms with Crippen molar-refractivity contribution in [2.24, 2.45) is 11.8 Å². The third-order valence-electron chi connectivity index (χ3n) is 4.87. The van der Waals surface area contributed by atoms with Gasteiger partial charge in [-0.1, -0.05) is 31.0 Å². The van der Waals surface area contributed by atoms with Gasteiger partial charge in [-0.3, -0.25) is 4.79 Å². The minimum atomic E-state index is 0.0637. The van der Waals surface area contributed by atoms with E-state index in [2.05, 4.69) is 29.7 Å². The number of anilines is 1. The first-order chi connectivity index (χ1) is 9.74. The molecule has 1 aromatic carbocycles. The van der Waals surface area contributed by atoms with Gasteiger partial charge < -0.3 is 10.6 Å². The van der Waals surface area contributed by atoms with Gasteiger partial charge in [-0.05, 0) is 43.7 Å². The zero-order valence-electron chi connectivity index (χ0n) is 12.2. The first-order valence-corrected chi connectivity index (χ1v) is 7.86. The highest BCUT2D eigenvalue weighted by atomic mass is 16.2. The Morgan fingerprint density at radius 2 is 2.05 bits per heavy atom. The number of nitrogens with one attached hydrogen (secondary N) is 2. The maximum Gasteiger partial charge on any atom is 0.225 e. The van der Waals surface area contributed by atoms with Gasteiger partial charge in [0.2, 0.25) is 5.91 Å². The van der Waals surface area contributed by atoms with E-state index in [0.29, 0.717) is 12.0 Å². The van der Waals surface area contributed by atoms with Crippen LogP contribution in [0.15, 0.2) is 24.3 Å². The number of benzene rings is 1. The second kappa shape index (κ2) is 5.86. The highest BCUT2D eigenvalue weighted by Crippen LogP contribution is 2.28. The third kappa shape index (κ3) is 2.82. The minimum Gasteiger partial charge on any atom is -0.384 e. The lowest BCUT2D eigenvalue weighted by Crippen LogP contribution is -2.44. The van der Waals surface area contributed by atoms with Crippen molar-refractivity contribution in [3.05, 3.63) is 29.8 Å². The monoisotopic (exact) mass is 272 g/mol. The summed E-state index contributed by atoms with van der Waals surface area (Å²) in [7, 11) is 0. The van der Waals surface area contributed by atoms with E-state index in [9.17, 15) is 4.79 Å². The van der Waals surface area contributed by atoms with Crippen LogP contribution in [-0.4, -0.2) is 18.5 Å². The molecule has 108 valence electrons. The molecule has 0 aromatic heterocycles. The smallest absolute Gasteiger partial charge is 0.225 e. The van der Waals surface area contributed by atoms with E-state index >= 15 is 0 Å². The van der Waals surface area contributed by atoms with Gasteiger partial charge in [0, 0.05) is 18.3 Å². The van der Waals surface area contributed by atoms with Gasteiger partial charge in [0.1, 0.15) is 0 Å². The molecule has 3 nitrogen and oxygen atoms in total. The highest BCUT2D eigenvalue weighted by Gasteiger charge is 2.28. The molecule has 1 aliphatic heterocycles. The molecule has 1 aromatic rings. The topological polar surface area (TPSA) is 41.1 Å². The summed E-state index contributed by atoms with van der Waals surface area (Å²) in [5, 5.41) is 6.62. The molecule has 3 rings (SSSR count). The van der Waals surface area contributed by atoms with Crippen LogP contribution in [0, 0.1) is 11.8 Å². The predicted octanol–water partition coefficient (Wildman–Crippen LogP) is 2.97. The van der Waals surface area contributed by atoms with Gasteiger partial charge in [0.05, 0.1) is 5.92 Å². The van der Waals surface area contributed by atoms with Crippen LogP contribution in [0.1, 0.15) is 38.2 Å². The Morgan fingerprint density at radius 3 is 2.85 bits per heavy atom. The second-order valence-corrected chi connectivity index (χ2v) is 6.28. The third-order valence-corrected chi connectivity index (χ3v) is 4.87. The molecule has 0 saturated heterocycles. The molecule has 1 fully saturated rings. The molecule has 2 atom stereocenters. The van der Waals surface area contributed by atoms with Crippen molar-refractivity contribution in [2.45, 2.75) is 45.1 Å². The molecule has 2 unspecified atom stereocenters. The van der Waals surface area contributed by atoms with Gasteiger partial charge in [-0.2, -0.15) is 0 Å². The van der Waals surface area contributed by atoms with Crippen molar-refractivity contribution in [3.63, 3.8) is 0 Å². The van der Waals surface area contributed by atoms with Gasteiger partial charge in [0.15, 0.2) is 0 Å². The van der Waals surface area contributed by atoms with Crippen molar-refractivity contribution in [1.29, 1.82) is 0 Å². The molecule has 0 radical (unpaired) electrons. The zero-order valence-corrected chi connectivity index (χ0v) is 12.2. The summed E-state index contributed by atoms with van der Waals surface area (Å²) >= 11 is 0. The normalized spacial score (nSPS) is 23.8. The molecular weight excluding hydrogens is 248 g/mol. The summed E-state index contributed by atoms with van der Waals surface area (Å²) in [5.74, 6) is 0.961. The van der Waals surface area contributed by atoms with E-state index in [-0.39, 0.29) is 11.8 Å². The Bertz CT molecular complexity index is 480. The van der Waals surface area contributed by atoms with E-state index in [1.54, 1.807) is 0 Å². The Balaban J connectivity index is 1.58. The Labute approximate surface area is 121 Å². The number of carbonyl (C=O) groups is 1. The summed E-state index contributed by atoms with van der Waals surface area (Å²) in [6, 6.07) is 8.60. The molecule has 3 heteroatoms. The van der Waals surface area contributed by atoms with Crippen LogP contribution >= 0.6 is 0 Å². The highest BCUT2D eigenvalue weighted by molar-refractivity contribution is 5.81. The number of carbonyl (C=O) groups excluding carboxylic acids is 1. The molecule has 1 heterocycles. The molecule has 1 amide bonds. The lowest BCUT2D eigenvalue weighted by molar-refractivity contribution is -0.125. The fourth-order valence-electron chi connectivity index (χ4n) is 3.54. The first-order valence-electron chi connectivity index (χ1n) is 7.86. The van der Waals surface area contributed by atoms with Crippen LogP contribution in [-0.2, 0) is 11.2 Å². The van der Waals surface area contributed by atoms with Crippen molar-refractivity contribution in [2.75, 3.05) is 11.9 Å². The largest absolute Gasteiger partial charge is 0.384 e. The van der Waals surface area contributed by atoms with E-state index in [1.165, 1.54) is 36.9 Å². The minimum absolute atomic E-state index is 0.0637. The summed E-state index contributed by atoms with van der Waals surface area (Å²) in [4.78, 5) is 12.4. The Kier molecular flexibility index (Phi) is 3.95. The van der Waals surface area contributed by atoms with Crippen LogP contribution in [0.25, 0.3) is 0 Å². The first kappa shape index (κ1) is 13.5. The average molecular weight is 272 g/mol. The van der Waals surface area contributed by atoms with Gasteiger partial charge >= 0.3 is 0 Å². The number of amides is 1. The fourth-order valence-corrected chi connectivity index (χ4v) is 3.54. The summed E-state index contributed by atoms with van der Waals surface area (Å²) < 4.78 is 0. The van der Waals surface area contributed by atoms with Crippen molar-refractivity contribution in [1.82, 2.24) is 5.32 Å². The molecule has 2 N–H and O–H groups in total. The predicted molar refractivity (Wildman–Crippen MR) is 81.7 cm³/mol. The molecular formula is C17H24N2O. The van der Waals surface area contributed by atoms with E-state index in [0.717, 1.165) is 13.0 Å². The second-order valence-electron chi connectivity index (χ2n) is 6.28. The van der Waals surface area contributed by atoms with E-state index < -0.39 is 0 Å². The van der Waals surface area contributed by atoms with Crippen LogP contribution in [0.2, 0.25) is 0 Å². The Morgan fingerprint density at radius 1 is 1.30 bits per heavy atom. The molecule has 1 saturated carbocycles. The van der Waals surface area contributed by atoms with Crippen molar-refractivity contribution >= 4 is 11.6 Å². The molecule has 0 bridgehead atoms. The van der Waals surface area contributed by atoms with Crippen LogP contribution in [0.3, 0.4) is 0 Å². The quantitative estimate of drug-likeness (QED) is 0.888. The van der Waals surface area contributed by atoms with Crippen LogP contribution < -0.4 is 10.6 Å². The lowest BCUT2D eigenvalue weighted by atomic mass is 9.92. The van der Waals surface area contributed by atoms with Gasteiger partial charge in [-0.25, -0.2) is 0 Å². The molecule has 20 heavy (non-hydrogen) atoms. The maximum atomic E-state index is 12.4. The molecule has 1 aliphatic carbocycles. The van der Waals surface area contributed by atoms with Crippen LogP contribution in [0.5, 0.6) is 0 Å². The van der Waals surface area contributed by atoms with E-state index in [1.807, 2.05) is 12.1 Å². The Hall–Kier alpha value is -1.51. The van der Waals surface area contributed by atoms with Gasteiger partial charge in [-0.15, -0.1) is 0 Å². The van der Waals surface area contributed by atoms with Crippen LogP contribution in [0.4, 0.5) is 5.69 Å². The van der Waals surface area contributed by atoms with Gasteiger partial charge in [0.25, 0.3) is 0 Å². The standard InChI is InChI=1S/C17H24N2O/c1-12(13-6-2-3-7-13)19-17(20)15-10-14-8-4-5-9-16(14)18-11-15/h4-5,8-9,12-13,15,18H,2-3,6-7,10-11H2,1H3,(H,19,20). The molecule has 0 spiro atoms. The number of fused-ring (bicyclic) bond motifs is 1. The summed E-state index contributed by atoms with van der Waals surface area (Å²) in [6.45, 7) is 2.92. The fraction of sp³-hybridized carbons (Fsp3) is 0.588.